The summed E-state index contributed by atoms with van der Waals surface area (Å²) in [6.07, 6.45) is 2.13. The van der Waals surface area contributed by atoms with E-state index < -0.39 is 0 Å². The van der Waals surface area contributed by atoms with Crippen LogP contribution in [-0.2, 0) is 4.79 Å². The zero-order valence-electron chi connectivity index (χ0n) is 15.2. The molecule has 0 bridgehead atoms. The molecule has 1 heterocycles. The minimum absolute atomic E-state index is 0.00748. The molecule has 3 aromatic rings. The van der Waals surface area contributed by atoms with Gasteiger partial charge in [0.05, 0.1) is 21.5 Å². The van der Waals surface area contributed by atoms with Crippen LogP contribution in [0.1, 0.15) is 18.4 Å². The lowest BCUT2D eigenvalue weighted by Gasteiger charge is -2.11. The van der Waals surface area contributed by atoms with Crippen molar-refractivity contribution in [1.29, 1.82) is 0 Å². The predicted octanol–water partition coefficient (Wildman–Crippen LogP) is 4.92. The van der Waals surface area contributed by atoms with Crippen LogP contribution < -0.4 is 5.32 Å². The summed E-state index contributed by atoms with van der Waals surface area (Å²) in [7, 11) is 0. The molecule has 5 nitrogen and oxygen atoms in total. The number of nitrogens with zero attached hydrogens (tertiary/aromatic N) is 3. The molecule has 1 amide bonds. The first-order chi connectivity index (χ1) is 13.5. The molecule has 0 radical (unpaired) electrons. The van der Waals surface area contributed by atoms with E-state index in [9.17, 15) is 4.79 Å². The largest absolute Gasteiger partial charge is 0.353 e. The number of nitrogens with one attached hydrogen (secondary N) is 1. The van der Waals surface area contributed by atoms with Crippen molar-refractivity contribution in [2.24, 2.45) is 0 Å². The van der Waals surface area contributed by atoms with Crippen molar-refractivity contribution in [3.05, 3.63) is 58.1 Å². The average molecular weight is 433 g/mol. The number of aryl methyl sites for hydroxylation is 1. The normalized spacial score (nSPS) is 13.5. The van der Waals surface area contributed by atoms with E-state index in [4.69, 9.17) is 23.2 Å². The van der Waals surface area contributed by atoms with E-state index in [0.29, 0.717) is 27.1 Å². The topological polar surface area (TPSA) is 59.8 Å². The Hall–Kier alpha value is -2.02. The van der Waals surface area contributed by atoms with E-state index >= 15 is 0 Å². The van der Waals surface area contributed by atoms with Gasteiger partial charge >= 0.3 is 0 Å². The van der Waals surface area contributed by atoms with E-state index in [1.165, 1.54) is 11.8 Å². The number of carbonyl (C=O) groups excluding carboxylic acids is 1. The highest BCUT2D eigenvalue weighted by Gasteiger charge is 2.24. The Labute approximate surface area is 177 Å². The van der Waals surface area contributed by atoms with Crippen LogP contribution in [-0.4, -0.2) is 32.5 Å². The molecular weight excluding hydrogens is 415 g/mol. The lowest BCUT2D eigenvalue weighted by atomic mass is 10.1. The Morgan fingerprint density at radius 2 is 1.89 bits per heavy atom. The molecule has 1 N–H and O–H groups in total. The van der Waals surface area contributed by atoms with Crippen molar-refractivity contribution in [1.82, 2.24) is 20.1 Å². The van der Waals surface area contributed by atoms with E-state index in [-0.39, 0.29) is 11.7 Å². The van der Waals surface area contributed by atoms with Gasteiger partial charge in [-0.15, -0.1) is 10.2 Å². The fourth-order valence-corrected chi connectivity index (χ4v) is 3.79. The van der Waals surface area contributed by atoms with E-state index in [1.807, 2.05) is 41.8 Å². The van der Waals surface area contributed by atoms with Crippen LogP contribution in [0.3, 0.4) is 0 Å². The zero-order valence-corrected chi connectivity index (χ0v) is 17.5. The van der Waals surface area contributed by atoms with Crippen molar-refractivity contribution >= 4 is 40.9 Å². The highest BCUT2D eigenvalue weighted by Crippen LogP contribution is 2.31. The minimum Gasteiger partial charge on any atom is -0.353 e. The molecular formula is C20H18Cl2N4OS. The van der Waals surface area contributed by atoms with Gasteiger partial charge in [0.25, 0.3) is 0 Å². The second-order valence-corrected chi connectivity index (χ2v) is 8.49. The first kappa shape index (κ1) is 19.3. The SMILES string of the molecule is Cc1ccc(-c2nnc(SCC(=O)NC3CC3)n2-c2ccc(Cl)c(Cl)c2)cc1. The van der Waals surface area contributed by atoms with Gasteiger partial charge < -0.3 is 5.32 Å². The van der Waals surface area contributed by atoms with E-state index in [0.717, 1.165) is 29.7 Å². The minimum atomic E-state index is 0.00748. The third-order valence-corrected chi connectivity index (χ3v) is 6.05. The molecule has 1 saturated carbocycles. The maximum absolute atomic E-state index is 12.1. The van der Waals surface area contributed by atoms with Crippen molar-refractivity contribution in [2.45, 2.75) is 31.0 Å². The summed E-state index contributed by atoms with van der Waals surface area (Å²) >= 11 is 13.7. The van der Waals surface area contributed by atoms with E-state index in [1.54, 1.807) is 12.1 Å². The molecule has 1 aliphatic carbocycles. The molecule has 1 fully saturated rings. The Morgan fingerprint density at radius 3 is 2.57 bits per heavy atom. The average Bonchev–Trinajstić information content (AvgIpc) is 3.39. The predicted molar refractivity (Wildman–Crippen MR) is 113 cm³/mol. The number of aromatic nitrogens is 3. The van der Waals surface area contributed by atoms with Gasteiger partial charge in [-0.05, 0) is 38.0 Å². The number of hydrogen-bond acceptors (Lipinski definition) is 4. The van der Waals surface area contributed by atoms with Crippen molar-refractivity contribution < 1.29 is 4.79 Å². The molecule has 0 spiro atoms. The monoisotopic (exact) mass is 432 g/mol. The van der Waals surface area contributed by atoms with Crippen LogP contribution in [0.25, 0.3) is 17.1 Å². The van der Waals surface area contributed by atoms with Crippen LogP contribution in [0, 0.1) is 6.92 Å². The lowest BCUT2D eigenvalue weighted by Crippen LogP contribution is -2.27. The van der Waals surface area contributed by atoms with Gasteiger partial charge in [0.1, 0.15) is 0 Å². The van der Waals surface area contributed by atoms with Gasteiger partial charge in [0, 0.05) is 11.6 Å². The summed E-state index contributed by atoms with van der Waals surface area (Å²) in [5.74, 6) is 0.973. The number of halogens is 2. The van der Waals surface area contributed by atoms with Crippen molar-refractivity contribution in [3.63, 3.8) is 0 Å². The first-order valence-corrected chi connectivity index (χ1v) is 10.7. The fourth-order valence-electron chi connectivity index (χ4n) is 2.74. The Bertz CT molecular complexity index is 1020. The molecule has 8 heteroatoms. The van der Waals surface area contributed by atoms with Crippen molar-refractivity contribution in [3.8, 4) is 17.1 Å². The molecule has 144 valence electrons. The molecule has 0 aliphatic heterocycles. The van der Waals surface area contributed by atoms with Crippen LogP contribution in [0.15, 0.2) is 47.6 Å². The fraction of sp³-hybridized carbons (Fsp3) is 0.250. The van der Waals surface area contributed by atoms with Gasteiger partial charge in [0.2, 0.25) is 5.91 Å². The van der Waals surface area contributed by atoms with Crippen molar-refractivity contribution in [2.75, 3.05) is 5.75 Å². The molecule has 1 aliphatic rings. The van der Waals surface area contributed by atoms with Crippen LogP contribution >= 0.6 is 35.0 Å². The van der Waals surface area contributed by atoms with Crippen LogP contribution in [0.2, 0.25) is 10.0 Å². The number of amides is 1. The number of carbonyl (C=O) groups is 1. The van der Waals surface area contributed by atoms with Gasteiger partial charge in [-0.2, -0.15) is 0 Å². The molecule has 4 rings (SSSR count). The second kappa shape index (κ2) is 8.15. The Kier molecular flexibility index (Phi) is 5.62. The smallest absolute Gasteiger partial charge is 0.230 e. The standard InChI is InChI=1S/C20H18Cl2N4OS/c1-12-2-4-13(5-3-12)19-24-25-20(28-11-18(27)23-14-6-7-14)26(19)15-8-9-16(21)17(22)10-15/h2-5,8-10,14H,6-7,11H2,1H3,(H,23,27). The van der Waals surface area contributed by atoms with Gasteiger partial charge in [-0.3, -0.25) is 9.36 Å². The Morgan fingerprint density at radius 1 is 1.14 bits per heavy atom. The Balaban J connectivity index is 1.69. The molecule has 2 aromatic carbocycles. The maximum Gasteiger partial charge on any atom is 0.230 e. The summed E-state index contributed by atoms with van der Waals surface area (Å²) in [5.41, 5.74) is 2.88. The van der Waals surface area contributed by atoms with Gasteiger partial charge in [-0.1, -0.05) is 64.8 Å². The van der Waals surface area contributed by atoms with Gasteiger partial charge in [-0.25, -0.2) is 0 Å². The summed E-state index contributed by atoms with van der Waals surface area (Å²) < 4.78 is 1.90. The van der Waals surface area contributed by atoms with Crippen LogP contribution in [0.4, 0.5) is 0 Å². The highest BCUT2D eigenvalue weighted by molar-refractivity contribution is 7.99. The lowest BCUT2D eigenvalue weighted by molar-refractivity contribution is -0.118. The molecule has 1 aromatic heterocycles. The highest BCUT2D eigenvalue weighted by atomic mass is 35.5. The maximum atomic E-state index is 12.1. The number of rotatable bonds is 6. The number of hydrogen-bond donors (Lipinski definition) is 1. The summed E-state index contributed by atoms with van der Waals surface area (Å²) in [5, 5.41) is 13.3. The molecule has 28 heavy (non-hydrogen) atoms. The summed E-state index contributed by atoms with van der Waals surface area (Å²) in [6, 6.07) is 13.8. The quantitative estimate of drug-likeness (QED) is 0.561. The first-order valence-electron chi connectivity index (χ1n) is 8.91. The summed E-state index contributed by atoms with van der Waals surface area (Å²) in [6.45, 7) is 2.03. The number of benzene rings is 2. The van der Waals surface area contributed by atoms with Crippen LogP contribution in [0.5, 0.6) is 0 Å². The molecule has 0 saturated heterocycles. The third-order valence-electron chi connectivity index (χ3n) is 4.38. The second-order valence-electron chi connectivity index (χ2n) is 6.74. The zero-order chi connectivity index (χ0) is 19.7. The summed E-state index contributed by atoms with van der Waals surface area (Å²) in [4.78, 5) is 12.1. The number of thioether (sulfide) groups is 1. The molecule has 0 atom stereocenters. The van der Waals surface area contributed by atoms with Gasteiger partial charge in [0.15, 0.2) is 11.0 Å². The van der Waals surface area contributed by atoms with E-state index in [2.05, 4.69) is 15.5 Å². The molecule has 0 unspecified atom stereocenters. The third kappa shape index (κ3) is 4.35.